The van der Waals surface area contributed by atoms with Crippen molar-refractivity contribution >= 4 is 25.1 Å². The Labute approximate surface area is 237 Å². The van der Waals surface area contributed by atoms with Crippen LogP contribution in [0.2, 0.25) is 0 Å². The van der Waals surface area contributed by atoms with Crippen LogP contribution in [-0.4, -0.2) is 66.8 Å². The van der Waals surface area contributed by atoms with E-state index in [1.165, 1.54) is 10.8 Å². The number of esters is 1. The summed E-state index contributed by atoms with van der Waals surface area (Å²) in [4.78, 5) is 16.8. The lowest BCUT2D eigenvalue weighted by Crippen LogP contribution is -2.40. The molecule has 5 rings (SSSR count). The Hall–Kier alpha value is -3.06. The van der Waals surface area contributed by atoms with Crippen molar-refractivity contribution in [1.29, 1.82) is 0 Å². The van der Waals surface area contributed by atoms with E-state index in [0.717, 1.165) is 0 Å². The van der Waals surface area contributed by atoms with Crippen LogP contribution in [0.3, 0.4) is 0 Å². The van der Waals surface area contributed by atoms with Gasteiger partial charge in [-0.1, -0.05) is 45.9 Å². The second-order valence-corrected chi connectivity index (χ2v) is 13.4. The molecule has 0 amide bonds. The zero-order valence-electron chi connectivity index (χ0n) is 23.6. The van der Waals surface area contributed by atoms with Crippen molar-refractivity contribution in [3.8, 4) is 5.75 Å². The van der Waals surface area contributed by atoms with Gasteiger partial charge in [-0.3, -0.25) is 9.32 Å². The Morgan fingerprint density at radius 2 is 1.98 bits per heavy atom. The summed E-state index contributed by atoms with van der Waals surface area (Å²) in [6, 6.07) is 10.6. The van der Waals surface area contributed by atoms with E-state index < -0.39 is 49.3 Å². The maximum atomic E-state index is 14.2. The van der Waals surface area contributed by atoms with Gasteiger partial charge >= 0.3 is 13.7 Å². The topological polar surface area (TPSA) is 180 Å². The van der Waals surface area contributed by atoms with E-state index in [-0.39, 0.29) is 30.0 Å². The van der Waals surface area contributed by atoms with Crippen LogP contribution in [0.1, 0.15) is 52.8 Å². The number of nitrogens with two attached hydrogens (primary N) is 1. The van der Waals surface area contributed by atoms with Crippen molar-refractivity contribution in [2.24, 2.45) is 5.41 Å². The van der Waals surface area contributed by atoms with E-state index in [9.17, 15) is 19.6 Å². The van der Waals surface area contributed by atoms with E-state index >= 15 is 0 Å². The molecule has 1 saturated carbocycles. The monoisotopic (exact) mass is 589 g/mol. The quantitative estimate of drug-likeness (QED) is 0.201. The maximum Gasteiger partial charge on any atom is 0.459 e. The highest BCUT2D eigenvalue weighted by Gasteiger charge is 2.87. The molecule has 0 spiro atoms. The molecule has 2 aliphatic rings. The zero-order valence-corrected chi connectivity index (χ0v) is 24.4. The molecule has 2 fully saturated rings. The number of aromatic nitrogens is 3. The standard InChI is InChI=1S/C27H36N5O8P/c1-6-17(23(34)37-14-25(2,3)4)31-41(36,39-16-10-8-7-9-11-16)40-24-26(5)27(24,35)21(33)20(38-26)18-12-13-19-22(28)29-15-30-32(18)19/h7-13,15,17,20-21,24,33,35H,6,14H2,1-5H3,(H,31,36)(H2,28,29,30)/t17-,20-,21-,24?,26+,27+,41-/m0/s1. The molecule has 7 atom stereocenters. The second kappa shape index (κ2) is 10.3. The highest BCUT2D eigenvalue weighted by Crippen LogP contribution is 2.68. The van der Waals surface area contributed by atoms with Gasteiger partial charge in [0.15, 0.2) is 11.4 Å². The van der Waals surface area contributed by atoms with E-state index in [2.05, 4.69) is 15.2 Å². The van der Waals surface area contributed by atoms with Crippen LogP contribution < -0.4 is 15.3 Å². The minimum atomic E-state index is -4.36. The van der Waals surface area contributed by atoms with E-state index in [4.69, 9.17) is 24.3 Å². The number of anilines is 1. The molecule has 5 N–H and O–H groups in total. The summed E-state index contributed by atoms with van der Waals surface area (Å²) in [7, 11) is -4.36. The number of hydrogen-bond donors (Lipinski definition) is 4. The van der Waals surface area contributed by atoms with Gasteiger partial charge in [0.1, 0.15) is 47.5 Å². The first-order valence-corrected chi connectivity index (χ1v) is 14.9. The summed E-state index contributed by atoms with van der Waals surface area (Å²) in [6.07, 6.45) is -2.27. The predicted molar refractivity (Wildman–Crippen MR) is 148 cm³/mol. The molecule has 1 unspecified atom stereocenters. The maximum absolute atomic E-state index is 14.2. The highest BCUT2D eigenvalue weighted by molar-refractivity contribution is 7.52. The van der Waals surface area contributed by atoms with Crippen LogP contribution in [0.15, 0.2) is 48.8 Å². The molecular weight excluding hydrogens is 553 g/mol. The highest BCUT2D eigenvalue weighted by atomic mass is 31.2. The van der Waals surface area contributed by atoms with Gasteiger partial charge in [-0.15, -0.1) is 0 Å². The smallest absolute Gasteiger partial charge is 0.459 e. The second-order valence-electron chi connectivity index (χ2n) is 11.8. The molecule has 0 bridgehead atoms. The third-order valence-electron chi connectivity index (χ3n) is 7.39. The molecule has 3 aromatic rings. The number of para-hydroxylation sites is 1. The Morgan fingerprint density at radius 3 is 2.59 bits per heavy atom. The fraction of sp³-hybridized carbons (Fsp3) is 0.519. The number of ether oxygens (including phenoxy) is 2. The summed E-state index contributed by atoms with van der Waals surface area (Å²) >= 11 is 0. The molecule has 13 nitrogen and oxygen atoms in total. The van der Waals surface area contributed by atoms with Crippen LogP contribution in [0.25, 0.3) is 5.52 Å². The summed E-state index contributed by atoms with van der Waals surface area (Å²) in [6.45, 7) is 9.19. The van der Waals surface area contributed by atoms with Crippen LogP contribution in [0, 0.1) is 5.41 Å². The van der Waals surface area contributed by atoms with Crippen LogP contribution in [-0.2, 0) is 23.4 Å². The van der Waals surface area contributed by atoms with Gasteiger partial charge in [-0.25, -0.2) is 14.1 Å². The number of nitrogens with zero attached hydrogens (tertiary/aromatic N) is 3. The van der Waals surface area contributed by atoms with Crippen molar-refractivity contribution in [2.75, 3.05) is 12.3 Å². The Morgan fingerprint density at radius 1 is 1.27 bits per heavy atom. The number of aliphatic hydroxyl groups excluding tert-OH is 1. The zero-order chi connectivity index (χ0) is 29.8. The van der Waals surface area contributed by atoms with Gasteiger partial charge in [-0.2, -0.15) is 10.2 Å². The third kappa shape index (κ3) is 5.22. The van der Waals surface area contributed by atoms with Gasteiger partial charge in [-0.05, 0) is 43.0 Å². The van der Waals surface area contributed by atoms with Gasteiger partial charge in [0.25, 0.3) is 0 Å². The van der Waals surface area contributed by atoms with Crippen LogP contribution in [0.5, 0.6) is 5.75 Å². The molecule has 0 radical (unpaired) electrons. The summed E-state index contributed by atoms with van der Waals surface area (Å²) in [5, 5.41) is 29.7. The lowest BCUT2D eigenvalue weighted by atomic mass is 9.99. The Kier molecular flexibility index (Phi) is 7.42. The van der Waals surface area contributed by atoms with Crippen molar-refractivity contribution in [1.82, 2.24) is 19.7 Å². The van der Waals surface area contributed by atoms with Crippen LogP contribution >= 0.6 is 7.75 Å². The molecule has 2 aromatic heterocycles. The van der Waals surface area contributed by atoms with Gasteiger partial charge < -0.3 is 29.9 Å². The molecule has 1 aromatic carbocycles. The predicted octanol–water partition coefficient (Wildman–Crippen LogP) is 2.78. The minimum Gasteiger partial charge on any atom is -0.464 e. The fourth-order valence-electron chi connectivity index (χ4n) is 5.04. The molecule has 1 saturated heterocycles. The number of carbonyl (C=O) groups is 1. The molecule has 14 heteroatoms. The molecule has 222 valence electrons. The van der Waals surface area contributed by atoms with Crippen molar-refractivity contribution in [3.05, 3.63) is 54.5 Å². The number of aliphatic hydroxyl groups is 2. The van der Waals surface area contributed by atoms with E-state index in [0.29, 0.717) is 11.2 Å². The van der Waals surface area contributed by atoms with Gasteiger partial charge in [0, 0.05) is 0 Å². The Bertz CT molecular complexity index is 1480. The summed E-state index contributed by atoms with van der Waals surface area (Å²) in [5.41, 5.74) is 3.19. The molecule has 1 aliphatic heterocycles. The van der Waals surface area contributed by atoms with Gasteiger partial charge in [0.2, 0.25) is 0 Å². The Balaban J connectivity index is 1.38. The SMILES string of the molecule is CC[C@H](N[P@](=O)(Oc1ccccc1)OC1[C@@]2(C)O[C@@H](c3ccc4c(N)ncnn34)[C@H](O)[C@@]12O)C(=O)OCC(C)(C)C. The number of carbonyl (C=O) groups excluding carboxylic acids is 1. The average molecular weight is 590 g/mol. The molecule has 41 heavy (non-hydrogen) atoms. The number of nitrogens with one attached hydrogen (secondary N) is 1. The normalized spacial score (nSPS) is 29.5. The first kappa shape index (κ1) is 29.4. The van der Waals surface area contributed by atoms with Crippen LogP contribution in [0.4, 0.5) is 5.82 Å². The first-order chi connectivity index (χ1) is 19.2. The van der Waals surface area contributed by atoms with E-state index in [1.807, 2.05) is 20.8 Å². The first-order valence-electron chi connectivity index (χ1n) is 13.4. The number of nitrogen functional groups attached to an aromatic ring is 1. The molecule has 1 aliphatic carbocycles. The lowest BCUT2D eigenvalue weighted by Gasteiger charge is -2.28. The summed E-state index contributed by atoms with van der Waals surface area (Å²) < 4.78 is 39.0. The average Bonchev–Trinajstić information content (AvgIpc) is 3.20. The number of fused-ring (bicyclic) bond motifs is 2. The number of hydrogen-bond acceptors (Lipinski definition) is 11. The van der Waals surface area contributed by atoms with E-state index in [1.54, 1.807) is 56.3 Å². The molecular formula is C27H36N5O8P. The molecule has 3 heterocycles. The largest absolute Gasteiger partial charge is 0.464 e. The summed E-state index contributed by atoms with van der Waals surface area (Å²) in [5.74, 6) is -0.173. The minimum absolute atomic E-state index is 0.154. The van der Waals surface area contributed by atoms with Crippen molar-refractivity contribution in [2.45, 2.75) is 76.6 Å². The number of benzene rings is 1. The lowest BCUT2D eigenvalue weighted by molar-refractivity contribution is -0.148. The van der Waals surface area contributed by atoms with Crippen molar-refractivity contribution < 1.29 is 38.1 Å². The van der Waals surface area contributed by atoms with Crippen molar-refractivity contribution in [3.63, 3.8) is 0 Å². The fourth-order valence-corrected chi connectivity index (χ4v) is 6.91. The third-order valence-corrected chi connectivity index (χ3v) is 8.96. The van der Waals surface area contributed by atoms with Gasteiger partial charge in [0.05, 0.1) is 12.3 Å². The number of rotatable bonds is 10.